The normalized spacial score (nSPS) is 12.1. The zero-order valence-corrected chi connectivity index (χ0v) is 20.3. The number of esters is 1. The van der Waals surface area contributed by atoms with Gasteiger partial charge in [0, 0.05) is 11.8 Å². The summed E-state index contributed by atoms with van der Waals surface area (Å²) in [4.78, 5) is 41.7. The number of nitrogens with zero attached hydrogens (tertiary/aromatic N) is 1. The molecule has 0 saturated carbocycles. The first kappa shape index (κ1) is 27.1. The number of carboxylic acid groups (broad SMARTS) is 1. The van der Waals surface area contributed by atoms with Crippen LogP contribution in [0.2, 0.25) is 0 Å². The minimum atomic E-state index is -4.49. The second kappa shape index (κ2) is 10.8. The van der Waals surface area contributed by atoms with Gasteiger partial charge in [-0.05, 0) is 59.2 Å². The molecule has 0 unspecified atom stereocenters. The number of fused-ring (bicyclic) bond motifs is 1. The first-order chi connectivity index (χ1) is 18.5. The quantitative estimate of drug-likeness (QED) is 0.288. The van der Waals surface area contributed by atoms with E-state index in [4.69, 9.17) is 4.74 Å². The van der Waals surface area contributed by atoms with Crippen LogP contribution in [0.1, 0.15) is 32.0 Å². The Hall–Kier alpha value is -4.93. The number of alkyl halides is 3. The Labute approximate surface area is 219 Å². The molecule has 0 spiro atoms. The van der Waals surface area contributed by atoms with Crippen LogP contribution in [0.25, 0.3) is 22.0 Å². The van der Waals surface area contributed by atoms with E-state index in [1.165, 1.54) is 36.4 Å². The van der Waals surface area contributed by atoms with Crippen molar-refractivity contribution < 1.29 is 42.5 Å². The number of carbonyl (C=O) groups is 3. The molecular formula is C28H21F3N2O6. The lowest BCUT2D eigenvalue weighted by atomic mass is 9.99. The number of phenolic OH excluding ortho intramolecular Hbond substituents is 1. The number of hydrogen-bond donors (Lipinski definition) is 3. The fraction of sp³-hybridized carbons (Fsp3) is 0.143. The van der Waals surface area contributed by atoms with Crippen LogP contribution in [-0.4, -0.2) is 46.2 Å². The molecule has 4 aromatic rings. The summed E-state index contributed by atoms with van der Waals surface area (Å²) >= 11 is 0. The molecule has 11 heteroatoms. The predicted molar refractivity (Wildman–Crippen MR) is 134 cm³/mol. The van der Waals surface area contributed by atoms with Gasteiger partial charge < -0.3 is 20.3 Å². The van der Waals surface area contributed by atoms with E-state index in [9.17, 15) is 37.8 Å². The number of pyridine rings is 1. The second-order valence-electron chi connectivity index (χ2n) is 8.59. The van der Waals surface area contributed by atoms with Gasteiger partial charge in [0.25, 0.3) is 5.91 Å². The molecule has 0 aliphatic rings. The lowest BCUT2D eigenvalue weighted by Gasteiger charge is -2.17. The Morgan fingerprint density at radius 3 is 2.18 bits per heavy atom. The Morgan fingerprint density at radius 2 is 1.59 bits per heavy atom. The van der Waals surface area contributed by atoms with Crippen molar-refractivity contribution >= 4 is 28.7 Å². The zero-order valence-electron chi connectivity index (χ0n) is 20.3. The Balaban J connectivity index is 1.66. The molecule has 0 aliphatic carbocycles. The summed E-state index contributed by atoms with van der Waals surface area (Å²) in [7, 11) is 1.16. The van der Waals surface area contributed by atoms with Crippen LogP contribution >= 0.6 is 0 Å². The number of aromatic hydroxyl groups is 1. The molecule has 1 atom stereocenters. The number of ether oxygens (including phenoxy) is 1. The van der Waals surface area contributed by atoms with E-state index in [1.54, 1.807) is 18.2 Å². The number of amides is 1. The number of halogens is 3. The first-order valence-electron chi connectivity index (χ1n) is 11.5. The lowest BCUT2D eigenvalue weighted by molar-refractivity contribution is -0.143. The van der Waals surface area contributed by atoms with E-state index < -0.39 is 35.6 Å². The zero-order chi connectivity index (χ0) is 28.3. The highest BCUT2D eigenvalue weighted by molar-refractivity contribution is 6.07. The molecule has 0 fully saturated rings. The first-order valence-corrected chi connectivity index (χ1v) is 11.5. The van der Waals surface area contributed by atoms with Crippen LogP contribution in [0.4, 0.5) is 13.2 Å². The van der Waals surface area contributed by atoms with Gasteiger partial charge in [-0.25, -0.2) is 14.6 Å². The van der Waals surface area contributed by atoms with Crippen LogP contribution in [0.15, 0.2) is 72.8 Å². The van der Waals surface area contributed by atoms with E-state index in [0.717, 1.165) is 25.3 Å². The van der Waals surface area contributed by atoms with Crippen molar-refractivity contribution in [1.82, 2.24) is 10.3 Å². The average molecular weight is 538 g/mol. The average Bonchev–Trinajstić information content (AvgIpc) is 2.91. The largest absolute Gasteiger partial charge is 0.508 e. The molecule has 3 aromatic carbocycles. The SMILES string of the molecule is COC(=O)[C@H](Cc1ccc(O)cc1)NC(=O)c1cc(C(=O)O)c2cc(-c3ccc(C(F)(F)F)cc3)ccc2n1. The fourth-order valence-electron chi connectivity index (χ4n) is 3.99. The van der Waals surface area contributed by atoms with Gasteiger partial charge in [0.2, 0.25) is 0 Å². The second-order valence-corrected chi connectivity index (χ2v) is 8.59. The molecular weight excluding hydrogens is 517 g/mol. The number of phenols is 1. The molecule has 39 heavy (non-hydrogen) atoms. The number of carboxylic acids is 1. The number of aromatic carboxylic acids is 1. The molecule has 200 valence electrons. The number of benzene rings is 3. The van der Waals surface area contributed by atoms with Gasteiger partial charge in [0.15, 0.2) is 0 Å². The summed E-state index contributed by atoms with van der Waals surface area (Å²) in [6.07, 6.45) is -4.45. The third-order valence-electron chi connectivity index (χ3n) is 5.98. The standard InChI is InChI=1S/C28H21F3N2O6/c1-39-27(38)24(12-15-2-9-19(34)10-3-15)33-25(35)23-14-21(26(36)37)20-13-17(6-11-22(20)32-23)16-4-7-18(8-5-16)28(29,30)31/h2-11,13-14,24,34H,12H2,1H3,(H,33,35)(H,36,37)/t24-/m0/s1. The molecule has 8 nitrogen and oxygen atoms in total. The highest BCUT2D eigenvalue weighted by Gasteiger charge is 2.30. The Morgan fingerprint density at radius 1 is 0.949 bits per heavy atom. The minimum absolute atomic E-state index is 0.0282. The van der Waals surface area contributed by atoms with Crippen molar-refractivity contribution in [3.63, 3.8) is 0 Å². The maximum absolute atomic E-state index is 13.0. The number of carbonyl (C=O) groups excluding carboxylic acids is 2. The van der Waals surface area contributed by atoms with E-state index in [1.807, 2.05) is 0 Å². The molecule has 1 amide bonds. The summed E-state index contributed by atoms with van der Waals surface area (Å²) in [5.41, 5.74) is 0.330. The number of hydrogen-bond acceptors (Lipinski definition) is 6. The topological polar surface area (TPSA) is 126 Å². The third-order valence-corrected chi connectivity index (χ3v) is 5.98. The summed E-state index contributed by atoms with van der Waals surface area (Å²) in [5, 5.41) is 22.0. The minimum Gasteiger partial charge on any atom is -0.508 e. The highest BCUT2D eigenvalue weighted by Crippen LogP contribution is 2.32. The summed E-state index contributed by atoms with van der Waals surface area (Å²) in [6, 6.07) is 14.8. The highest BCUT2D eigenvalue weighted by atomic mass is 19.4. The predicted octanol–water partition coefficient (Wildman–Crippen LogP) is 4.84. The molecule has 1 heterocycles. The van der Waals surface area contributed by atoms with Gasteiger partial charge >= 0.3 is 18.1 Å². The Bertz CT molecular complexity index is 1550. The van der Waals surface area contributed by atoms with E-state index in [-0.39, 0.29) is 34.3 Å². The van der Waals surface area contributed by atoms with Crippen molar-refractivity contribution in [2.75, 3.05) is 7.11 Å². The van der Waals surface area contributed by atoms with Crippen molar-refractivity contribution in [3.8, 4) is 16.9 Å². The van der Waals surface area contributed by atoms with Crippen LogP contribution in [0.5, 0.6) is 5.75 Å². The van der Waals surface area contributed by atoms with E-state index in [0.29, 0.717) is 16.7 Å². The third kappa shape index (κ3) is 6.15. The smallest absolute Gasteiger partial charge is 0.416 e. The van der Waals surface area contributed by atoms with Gasteiger partial charge in [0.05, 0.1) is 23.8 Å². The number of rotatable bonds is 7. The monoisotopic (exact) mass is 538 g/mol. The van der Waals surface area contributed by atoms with Crippen molar-refractivity contribution in [2.24, 2.45) is 0 Å². The summed E-state index contributed by atoms with van der Waals surface area (Å²) < 4.78 is 43.5. The van der Waals surface area contributed by atoms with Crippen LogP contribution < -0.4 is 5.32 Å². The van der Waals surface area contributed by atoms with E-state index >= 15 is 0 Å². The molecule has 0 aliphatic heterocycles. The van der Waals surface area contributed by atoms with Gasteiger partial charge in [-0.15, -0.1) is 0 Å². The van der Waals surface area contributed by atoms with Crippen LogP contribution in [-0.2, 0) is 22.1 Å². The molecule has 0 saturated heterocycles. The van der Waals surface area contributed by atoms with Crippen LogP contribution in [0, 0.1) is 0 Å². The summed E-state index contributed by atoms with van der Waals surface area (Å²) in [5.74, 6) is -2.88. The van der Waals surface area contributed by atoms with Gasteiger partial charge in [-0.3, -0.25) is 4.79 Å². The van der Waals surface area contributed by atoms with Gasteiger partial charge in [0.1, 0.15) is 17.5 Å². The summed E-state index contributed by atoms with van der Waals surface area (Å²) in [6.45, 7) is 0. The fourth-order valence-corrected chi connectivity index (χ4v) is 3.99. The van der Waals surface area contributed by atoms with Crippen molar-refractivity contribution in [3.05, 3.63) is 95.2 Å². The van der Waals surface area contributed by atoms with Crippen molar-refractivity contribution in [1.29, 1.82) is 0 Å². The molecule has 1 aromatic heterocycles. The number of aromatic nitrogens is 1. The lowest BCUT2D eigenvalue weighted by Crippen LogP contribution is -2.43. The van der Waals surface area contributed by atoms with Crippen molar-refractivity contribution in [2.45, 2.75) is 18.6 Å². The van der Waals surface area contributed by atoms with Gasteiger partial charge in [-0.2, -0.15) is 13.2 Å². The van der Waals surface area contributed by atoms with Crippen LogP contribution in [0.3, 0.4) is 0 Å². The maximum Gasteiger partial charge on any atom is 0.416 e. The van der Waals surface area contributed by atoms with Gasteiger partial charge in [-0.1, -0.05) is 30.3 Å². The molecule has 3 N–H and O–H groups in total. The van der Waals surface area contributed by atoms with E-state index in [2.05, 4.69) is 10.3 Å². The molecule has 0 bridgehead atoms. The molecule has 4 rings (SSSR count). The molecule has 0 radical (unpaired) electrons. The number of nitrogens with one attached hydrogen (secondary N) is 1. The number of methoxy groups -OCH3 is 1. The Kier molecular flexibility index (Phi) is 7.52. The maximum atomic E-state index is 13.0.